The molecule has 0 bridgehead atoms. The highest BCUT2D eigenvalue weighted by atomic mass is 16.3. The maximum atomic E-state index is 9.79. The summed E-state index contributed by atoms with van der Waals surface area (Å²) in [5.41, 5.74) is 7.02. The Hall–Kier alpha value is -1.10. The SMILES string of the molecule is CN(C)Cc1cc(C(O)CCN)ccc1O. The van der Waals surface area contributed by atoms with Gasteiger partial charge in [0.2, 0.25) is 0 Å². The largest absolute Gasteiger partial charge is 0.508 e. The highest BCUT2D eigenvalue weighted by Crippen LogP contribution is 2.24. The summed E-state index contributed by atoms with van der Waals surface area (Å²) in [6.07, 6.45) is -0.0156. The van der Waals surface area contributed by atoms with E-state index in [1.165, 1.54) is 0 Å². The highest BCUT2D eigenvalue weighted by molar-refractivity contribution is 5.37. The molecule has 1 atom stereocenters. The van der Waals surface area contributed by atoms with Crippen molar-refractivity contribution in [3.8, 4) is 5.75 Å². The zero-order valence-electron chi connectivity index (χ0n) is 9.85. The average Bonchev–Trinajstić information content (AvgIpc) is 2.21. The van der Waals surface area contributed by atoms with Crippen LogP contribution in [0.4, 0.5) is 0 Å². The van der Waals surface area contributed by atoms with Gasteiger partial charge in [0.15, 0.2) is 0 Å². The molecule has 0 amide bonds. The number of aliphatic hydroxyl groups excluding tert-OH is 1. The average molecular weight is 224 g/mol. The van der Waals surface area contributed by atoms with E-state index in [1.807, 2.05) is 25.1 Å². The van der Waals surface area contributed by atoms with Crippen LogP contribution < -0.4 is 5.73 Å². The van der Waals surface area contributed by atoms with Crippen molar-refractivity contribution in [2.24, 2.45) is 5.73 Å². The molecule has 0 aromatic heterocycles. The molecule has 4 nitrogen and oxygen atoms in total. The van der Waals surface area contributed by atoms with E-state index in [0.29, 0.717) is 19.5 Å². The summed E-state index contributed by atoms with van der Waals surface area (Å²) >= 11 is 0. The van der Waals surface area contributed by atoms with E-state index >= 15 is 0 Å². The van der Waals surface area contributed by atoms with Crippen LogP contribution in [-0.4, -0.2) is 35.8 Å². The number of aromatic hydroxyl groups is 1. The first kappa shape index (κ1) is 13.0. The second-order valence-corrected chi connectivity index (χ2v) is 4.22. The van der Waals surface area contributed by atoms with Crippen molar-refractivity contribution in [3.05, 3.63) is 29.3 Å². The van der Waals surface area contributed by atoms with Crippen molar-refractivity contribution >= 4 is 0 Å². The fourth-order valence-electron chi connectivity index (χ4n) is 1.60. The summed E-state index contributed by atoms with van der Waals surface area (Å²) in [6, 6.07) is 5.18. The molecular formula is C12H20N2O2. The van der Waals surface area contributed by atoms with Crippen LogP contribution in [0, 0.1) is 0 Å². The van der Waals surface area contributed by atoms with E-state index in [1.54, 1.807) is 12.1 Å². The minimum absolute atomic E-state index is 0.261. The van der Waals surface area contributed by atoms with Crippen molar-refractivity contribution in [1.82, 2.24) is 4.90 Å². The summed E-state index contributed by atoms with van der Waals surface area (Å²) in [6.45, 7) is 1.10. The molecule has 1 aromatic carbocycles. The lowest BCUT2D eigenvalue weighted by Crippen LogP contribution is -2.12. The fourth-order valence-corrected chi connectivity index (χ4v) is 1.60. The van der Waals surface area contributed by atoms with Gasteiger partial charge in [-0.05, 0) is 44.8 Å². The van der Waals surface area contributed by atoms with Gasteiger partial charge in [0, 0.05) is 12.1 Å². The molecule has 4 heteroatoms. The summed E-state index contributed by atoms with van der Waals surface area (Å²) in [5, 5.41) is 19.5. The standard InChI is InChI=1S/C12H20N2O2/c1-14(2)8-10-7-9(3-4-11(10)15)12(16)5-6-13/h3-4,7,12,15-16H,5-6,8,13H2,1-2H3. The van der Waals surface area contributed by atoms with E-state index in [2.05, 4.69) is 0 Å². The Morgan fingerprint density at radius 1 is 1.38 bits per heavy atom. The Labute approximate surface area is 96.3 Å². The first-order valence-electron chi connectivity index (χ1n) is 5.39. The lowest BCUT2D eigenvalue weighted by atomic mass is 10.0. The van der Waals surface area contributed by atoms with Crippen LogP contribution in [-0.2, 0) is 6.54 Å². The zero-order valence-corrected chi connectivity index (χ0v) is 9.85. The number of aliphatic hydroxyl groups is 1. The third-order valence-electron chi connectivity index (χ3n) is 2.42. The summed E-state index contributed by atoms with van der Waals surface area (Å²) < 4.78 is 0. The van der Waals surface area contributed by atoms with Gasteiger partial charge in [-0.2, -0.15) is 0 Å². The number of nitrogens with two attached hydrogens (primary N) is 1. The van der Waals surface area contributed by atoms with E-state index in [9.17, 15) is 10.2 Å². The van der Waals surface area contributed by atoms with Gasteiger partial charge in [-0.3, -0.25) is 0 Å². The normalized spacial score (nSPS) is 13.1. The Balaban J connectivity index is 2.88. The van der Waals surface area contributed by atoms with Crippen LogP contribution in [0.25, 0.3) is 0 Å². The van der Waals surface area contributed by atoms with Crippen molar-refractivity contribution in [2.75, 3.05) is 20.6 Å². The monoisotopic (exact) mass is 224 g/mol. The minimum atomic E-state index is -0.550. The Bertz CT molecular complexity index is 340. The summed E-state index contributed by atoms with van der Waals surface area (Å²) in [7, 11) is 3.87. The van der Waals surface area contributed by atoms with Gasteiger partial charge in [0.05, 0.1) is 6.10 Å². The number of benzene rings is 1. The third kappa shape index (κ3) is 3.48. The number of phenolic OH excluding ortho intramolecular Hbond substituents is 1. The third-order valence-corrected chi connectivity index (χ3v) is 2.42. The number of rotatable bonds is 5. The molecule has 90 valence electrons. The molecule has 1 unspecified atom stereocenters. The second kappa shape index (κ2) is 5.84. The maximum absolute atomic E-state index is 9.79. The van der Waals surface area contributed by atoms with Crippen molar-refractivity contribution in [2.45, 2.75) is 19.1 Å². The van der Waals surface area contributed by atoms with E-state index < -0.39 is 6.10 Å². The van der Waals surface area contributed by atoms with Crippen molar-refractivity contribution in [1.29, 1.82) is 0 Å². The van der Waals surface area contributed by atoms with E-state index in [-0.39, 0.29) is 5.75 Å². The van der Waals surface area contributed by atoms with Crippen LogP contribution in [0.15, 0.2) is 18.2 Å². The van der Waals surface area contributed by atoms with Crippen LogP contribution in [0.1, 0.15) is 23.7 Å². The lowest BCUT2D eigenvalue weighted by molar-refractivity contribution is 0.170. The zero-order chi connectivity index (χ0) is 12.1. The maximum Gasteiger partial charge on any atom is 0.120 e. The predicted octanol–water partition coefficient (Wildman–Crippen LogP) is 0.836. The number of phenols is 1. The molecule has 0 aliphatic rings. The lowest BCUT2D eigenvalue weighted by Gasteiger charge is -2.15. The van der Waals surface area contributed by atoms with Gasteiger partial charge in [0.1, 0.15) is 5.75 Å². The first-order chi connectivity index (χ1) is 7.54. The molecule has 1 aromatic rings. The summed E-state index contributed by atoms with van der Waals surface area (Å²) in [4.78, 5) is 1.97. The van der Waals surface area contributed by atoms with Crippen molar-refractivity contribution < 1.29 is 10.2 Å². The number of nitrogens with zero attached hydrogens (tertiary/aromatic N) is 1. The molecule has 0 aliphatic heterocycles. The molecule has 0 saturated carbocycles. The molecule has 0 heterocycles. The topological polar surface area (TPSA) is 69.7 Å². The Kier molecular flexibility index (Phi) is 4.73. The van der Waals surface area contributed by atoms with Gasteiger partial charge in [-0.1, -0.05) is 6.07 Å². The van der Waals surface area contributed by atoms with Gasteiger partial charge in [-0.25, -0.2) is 0 Å². The van der Waals surface area contributed by atoms with Gasteiger partial charge in [0.25, 0.3) is 0 Å². The van der Waals surface area contributed by atoms with Gasteiger partial charge >= 0.3 is 0 Å². The quantitative estimate of drug-likeness (QED) is 0.693. The smallest absolute Gasteiger partial charge is 0.120 e. The summed E-state index contributed by atoms with van der Waals surface area (Å²) in [5.74, 6) is 0.261. The molecule has 16 heavy (non-hydrogen) atoms. The Morgan fingerprint density at radius 2 is 2.06 bits per heavy atom. The molecule has 1 rings (SSSR count). The molecule has 0 spiro atoms. The molecule has 0 radical (unpaired) electrons. The fraction of sp³-hybridized carbons (Fsp3) is 0.500. The first-order valence-corrected chi connectivity index (χ1v) is 5.39. The minimum Gasteiger partial charge on any atom is -0.508 e. The van der Waals surface area contributed by atoms with E-state index in [0.717, 1.165) is 11.1 Å². The van der Waals surface area contributed by atoms with Gasteiger partial charge in [-0.15, -0.1) is 0 Å². The van der Waals surface area contributed by atoms with Crippen LogP contribution >= 0.6 is 0 Å². The van der Waals surface area contributed by atoms with Crippen LogP contribution in [0.3, 0.4) is 0 Å². The van der Waals surface area contributed by atoms with Crippen LogP contribution in [0.2, 0.25) is 0 Å². The number of hydrogen-bond donors (Lipinski definition) is 3. The predicted molar refractivity (Wildman–Crippen MR) is 64.1 cm³/mol. The molecule has 4 N–H and O–H groups in total. The highest BCUT2D eigenvalue weighted by Gasteiger charge is 2.10. The van der Waals surface area contributed by atoms with Gasteiger partial charge < -0.3 is 20.8 Å². The molecule has 0 saturated heterocycles. The second-order valence-electron chi connectivity index (χ2n) is 4.22. The molecule has 0 aliphatic carbocycles. The Morgan fingerprint density at radius 3 is 2.62 bits per heavy atom. The van der Waals surface area contributed by atoms with Crippen molar-refractivity contribution in [3.63, 3.8) is 0 Å². The molecule has 0 fully saturated rings. The van der Waals surface area contributed by atoms with E-state index in [4.69, 9.17) is 5.73 Å². The number of hydrogen-bond acceptors (Lipinski definition) is 4. The molecular weight excluding hydrogens is 204 g/mol. The van der Waals surface area contributed by atoms with Crippen LogP contribution in [0.5, 0.6) is 5.75 Å².